The second-order valence-corrected chi connectivity index (χ2v) is 6.52. The number of likely N-dealkylation sites (tertiary alicyclic amines) is 1. The molecule has 0 aromatic rings. The molecule has 0 bridgehead atoms. The lowest BCUT2D eigenvalue weighted by Crippen LogP contribution is -2.41. The van der Waals surface area contributed by atoms with Crippen molar-refractivity contribution in [3.63, 3.8) is 0 Å². The van der Waals surface area contributed by atoms with E-state index < -0.39 is 11.9 Å². The molecule has 0 aliphatic carbocycles. The molecule has 1 aliphatic rings. The van der Waals surface area contributed by atoms with Gasteiger partial charge in [-0.05, 0) is 18.3 Å². The number of carbonyl (C=O) groups excluding carboxylic acids is 2. The molecule has 6 heteroatoms. The Hall–Kier alpha value is -1.59. The first kappa shape index (κ1) is 16.5. The third-order valence-corrected chi connectivity index (χ3v) is 3.26. The van der Waals surface area contributed by atoms with Crippen LogP contribution in [0.4, 0.5) is 0 Å². The predicted octanol–water partition coefficient (Wildman–Crippen LogP) is 0.862. The summed E-state index contributed by atoms with van der Waals surface area (Å²) in [6.07, 6.45) is 1.77. The van der Waals surface area contributed by atoms with Crippen molar-refractivity contribution in [2.24, 2.45) is 11.3 Å². The lowest BCUT2D eigenvalue weighted by atomic mass is 9.84. The first-order valence-electron chi connectivity index (χ1n) is 6.96. The zero-order valence-electron chi connectivity index (χ0n) is 12.4. The fourth-order valence-electron chi connectivity index (χ4n) is 2.32. The molecule has 0 aromatic carbocycles. The Labute approximate surface area is 119 Å². The Morgan fingerprint density at radius 2 is 2.05 bits per heavy atom. The van der Waals surface area contributed by atoms with E-state index in [-0.39, 0.29) is 30.3 Å². The highest BCUT2D eigenvalue weighted by atomic mass is 16.4. The number of hydrogen-bond donors (Lipinski definition) is 2. The third kappa shape index (κ3) is 5.59. The van der Waals surface area contributed by atoms with Crippen LogP contribution < -0.4 is 5.32 Å². The quantitative estimate of drug-likeness (QED) is 0.757. The number of carbonyl (C=O) groups is 3. The Balaban J connectivity index is 2.40. The van der Waals surface area contributed by atoms with Crippen molar-refractivity contribution in [3.8, 4) is 0 Å². The van der Waals surface area contributed by atoms with Crippen molar-refractivity contribution in [1.29, 1.82) is 0 Å². The molecular formula is C14H24N2O4. The topological polar surface area (TPSA) is 86.7 Å². The maximum atomic E-state index is 11.7. The molecule has 1 heterocycles. The highest BCUT2D eigenvalue weighted by molar-refractivity contribution is 5.86. The fourth-order valence-corrected chi connectivity index (χ4v) is 2.32. The summed E-state index contributed by atoms with van der Waals surface area (Å²) in [6.45, 7) is 6.64. The molecule has 0 radical (unpaired) electrons. The van der Waals surface area contributed by atoms with Crippen molar-refractivity contribution in [2.45, 2.75) is 40.0 Å². The smallest absolute Gasteiger partial charge is 0.308 e. The molecule has 1 aliphatic heterocycles. The minimum Gasteiger partial charge on any atom is -0.481 e. The lowest BCUT2D eigenvalue weighted by molar-refractivity contribution is -0.143. The van der Waals surface area contributed by atoms with Crippen molar-refractivity contribution >= 4 is 17.8 Å². The zero-order chi connectivity index (χ0) is 15.3. The molecule has 0 aromatic heterocycles. The first-order chi connectivity index (χ1) is 9.19. The van der Waals surface area contributed by atoms with Gasteiger partial charge in [-0.25, -0.2) is 0 Å². The van der Waals surface area contributed by atoms with Gasteiger partial charge in [-0.3, -0.25) is 14.4 Å². The van der Waals surface area contributed by atoms with Gasteiger partial charge in [-0.15, -0.1) is 0 Å². The Bertz CT molecular complexity index is 387. The molecule has 1 fully saturated rings. The van der Waals surface area contributed by atoms with E-state index in [2.05, 4.69) is 5.32 Å². The summed E-state index contributed by atoms with van der Waals surface area (Å²) in [7, 11) is 0. The Morgan fingerprint density at radius 1 is 1.40 bits per heavy atom. The number of rotatable bonds is 6. The normalized spacial score (nSPS) is 17.1. The van der Waals surface area contributed by atoms with Crippen LogP contribution in [0.2, 0.25) is 0 Å². The van der Waals surface area contributed by atoms with Crippen molar-refractivity contribution in [3.05, 3.63) is 0 Å². The molecule has 1 saturated heterocycles. The van der Waals surface area contributed by atoms with Crippen LogP contribution in [-0.4, -0.2) is 47.4 Å². The van der Waals surface area contributed by atoms with E-state index >= 15 is 0 Å². The summed E-state index contributed by atoms with van der Waals surface area (Å²) in [5.74, 6) is -1.81. The van der Waals surface area contributed by atoms with Crippen molar-refractivity contribution < 1.29 is 19.5 Å². The Morgan fingerprint density at radius 3 is 2.50 bits per heavy atom. The number of nitrogens with one attached hydrogen (secondary N) is 1. The monoisotopic (exact) mass is 284 g/mol. The summed E-state index contributed by atoms with van der Waals surface area (Å²) in [4.78, 5) is 35.8. The number of aliphatic carboxylic acids is 1. The van der Waals surface area contributed by atoms with Gasteiger partial charge < -0.3 is 15.3 Å². The van der Waals surface area contributed by atoms with E-state index in [0.29, 0.717) is 19.4 Å². The molecule has 114 valence electrons. The highest BCUT2D eigenvalue weighted by Gasteiger charge is 2.26. The van der Waals surface area contributed by atoms with Gasteiger partial charge in [0, 0.05) is 19.5 Å². The van der Waals surface area contributed by atoms with E-state index in [9.17, 15) is 14.4 Å². The van der Waals surface area contributed by atoms with E-state index in [1.807, 2.05) is 20.8 Å². The molecule has 6 nitrogen and oxygen atoms in total. The van der Waals surface area contributed by atoms with E-state index in [0.717, 1.165) is 6.42 Å². The lowest BCUT2D eigenvalue weighted by Gasteiger charge is -2.24. The zero-order valence-corrected chi connectivity index (χ0v) is 12.4. The molecular weight excluding hydrogens is 260 g/mol. The molecule has 1 atom stereocenters. The van der Waals surface area contributed by atoms with Crippen LogP contribution in [0.5, 0.6) is 0 Å². The number of amides is 2. The second kappa shape index (κ2) is 6.72. The van der Waals surface area contributed by atoms with Crippen LogP contribution >= 0.6 is 0 Å². The summed E-state index contributed by atoms with van der Waals surface area (Å²) in [5.41, 5.74) is -0.112. The van der Waals surface area contributed by atoms with Crippen LogP contribution in [-0.2, 0) is 14.4 Å². The maximum absolute atomic E-state index is 11.7. The van der Waals surface area contributed by atoms with E-state index in [4.69, 9.17) is 5.11 Å². The SMILES string of the molecule is CC(C)(C)CC(CNC(=O)CN1CCCC1=O)C(=O)O. The van der Waals surface area contributed by atoms with Gasteiger partial charge in [0.25, 0.3) is 0 Å². The summed E-state index contributed by atoms with van der Waals surface area (Å²) >= 11 is 0. The fraction of sp³-hybridized carbons (Fsp3) is 0.786. The van der Waals surface area contributed by atoms with Gasteiger partial charge in [0.15, 0.2) is 0 Å². The van der Waals surface area contributed by atoms with Gasteiger partial charge in [-0.2, -0.15) is 0 Å². The maximum Gasteiger partial charge on any atom is 0.308 e. The molecule has 1 unspecified atom stereocenters. The van der Waals surface area contributed by atoms with Gasteiger partial charge in [0.1, 0.15) is 0 Å². The number of carboxylic acids is 1. The predicted molar refractivity (Wildman–Crippen MR) is 74.0 cm³/mol. The number of hydrogen-bond acceptors (Lipinski definition) is 3. The largest absolute Gasteiger partial charge is 0.481 e. The summed E-state index contributed by atoms with van der Waals surface area (Å²) in [5, 5.41) is 11.8. The molecule has 0 spiro atoms. The van der Waals surface area contributed by atoms with Crippen LogP contribution in [0, 0.1) is 11.3 Å². The standard InChI is InChI=1S/C14H24N2O4/c1-14(2,3)7-10(13(19)20)8-15-11(17)9-16-6-4-5-12(16)18/h10H,4-9H2,1-3H3,(H,15,17)(H,19,20). The van der Waals surface area contributed by atoms with Gasteiger partial charge in [0.2, 0.25) is 11.8 Å². The number of carboxylic acid groups (broad SMARTS) is 1. The van der Waals surface area contributed by atoms with Gasteiger partial charge in [-0.1, -0.05) is 20.8 Å². The van der Waals surface area contributed by atoms with Crippen LogP contribution in [0.25, 0.3) is 0 Å². The van der Waals surface area contributed by atoms with Crippen LogP contribution in [0.3, 0.4) is 0 Å². The molecule has 2 N–H and O–H groups in total. The van der Waals surface area contributed by atoms with Gasteiger partial charge in [0.05, 0.1) is 12.5 Å². The highest BCUT2D eigenvalue weighted by Crippen LogP contribution is 2.24. The van der Waals surface area contributed by atoms with E-state index in [1.54, 1.807) is 0 Å². The van der Waals surface area contributed by atoms with Crippen molar-refractivity contribution in [1.82, 2.24) is 10.2 Å². The van der Waals surface area contributed by atoms with E-state index in [1.165, 1.54) is 4.90 Å². The molecule has 20 heavy (non-hydrogen) atoms. The Kier molecular flexibility index (Phi) is 5.53. The summed E-state index contributed by atoms with van der Waals surface area (Å²) in [6, 6.07) is 0. The second-order valence-electron chi connectivity index (χ2n) is 6.52. The average Bonchev–Trinajstić information content (AvgIpc) is 2.68. The van der Waals surface area contributed by atoms with Crippen LogP contribution in [0.15, 0.2) is 0 Å². The first-order valence-corrected chi connectivity index (χ1v) is 6.96. The molecule has 1 rings (SSSR count). The summed E-state index contributed by atoms with van der Waals surface area (Å²) < 4.78 is 0. The molecule has 0 saturated carbocycles. The number of nitrogens with zero attached hydrogens (tertiary/aromatic N) is 1. The third-order valence-electron chi connectivity index (χ3n) is 3.26. The minimum absolute atomic E-state index is 0.00961. The average molecular weight is 284 g/mol. The van der Waals surface area contributed by atoms with Crippen molar-refractivity contribution in [2.75, 3.05) is 19.6 Å². The minimum atomic E-state index is -0.905. The molecule has 2 amide bonds. The van der Waals surface area contributed by atoms with Gasteiger partial charge >= 0.3 is 5.97 Å². The van der Waals surface area contributed by atoms with Crippen LogP contribution in [0.1, 0.15) is 40.0 Å².